The second-order valence-electron chi connectivity index (χ2n) is 3.60. The van der Waals surface area contributed by atoms with Crippen molar-refractivity contribution in [3.05, 3.63) is 40.6 Å². The van der Waals surface area contributed by atoms with E-state index in [2.05, 4.69) is 27.8 Å². The highest BCUT2D eigenvalue weighted by Crippen LogP contribution is 2.21. The van der Waals surface area contributed by atoms with Gasteiger partial charge < -0.3 is 10.1 Å². The van der Waals surface area contributed by atoms with Crippen LogP contribution in [0.3, 0.4) is 0 Å². The van der Waals surface area contributed by atoms with Gasteiger partial charge in [0.25, 0.3) is 5.91 Å². The summed E-state index contributed by atoms with van der Waals surface area (Å²) in [6.07, 6.45) is 0. The normalized spacial score (nSPS) is 9.82. The van der Waals surface area contributed by atoms with Gasteiger partial charge in [0, 0.05) is 11.0 Å². The summed E-state index contributed by atoms with van der Waals surface area (Å²) in [6, 6.07) is 4.39. The van der Waals surface area contributed by atoms with E-state index >= 15 is 0 Å². The lowest BCUT2D eigenvalue weighted by molar-refractivity contribution is -0.122. The number of halogens is 2. The molecule has 1 rings (SSSR count). The second kappa shape index (κ2) is 6.39. The SMILES string of the molecule is C=C(C)CNC(=O)COc1ccc(Br)cc1F. The molecular formula is C12H13BrFNO2. The van der Waals surface area contributed by atoms with Crippen LogP contribution < -0.4 is 10.1 Å². The Balaban J connectivity index is 2.44. The minimum atomic E-state index is -0.507. The molecule has 5 heteroatoms. The highest BCUT2D eigenvalue weighted by atomic mass is 79.9. The Bertz CT molecular complexity index is 435. The number of amides is 1. The maximum Gasteiger partial charge on any atom is 0.258 e. The Hall–Kier alpha value is -1.36. The van der Waals surface area contributed by atoms with Crippen LogP contribution in [-0.2, 0) is 4.79 Å². The van der Waals surface area contributed by atoms with E-state index in [1.807, 2.05) is 0 Å². The molecule has 0 saturated carbocycles. The molecule has 0 aromatic heterocycles. The van der Waals surface area contributed by atoms with E-state index in [1.54, 1.807) is 13.0 Å². The third-order valence-corrected chi connectivity index (χ3v) is 2.33. The predicted octanol–water partition coefficient (Wildman–Crippen LogP) is 2.66. The molecule has 1 aromatic rings. The van der Waals surface area contributed by atoms with Crippen LogP contribution in [0.5, 0.6) is 5.75 Å². The van der Waals surface area contributed by atoms with E-state index in [1.165, 1.54) is 12.1 Å². The number of rotatable bonds is 5. The van der Waals surface area contributed by atoms with Gasteiger partial charge in [-0.3, -0.25) is 4.79 Å². The molecule has 1 amide bonds. The number of hydrogen-bond acceptors (Lipinski definition) is 2. The molecule has 0 aliphatic rings. The first-order chi connectivity index (χ1) is 7.99. The molecule has 92 valence electrons. The van der Waals surface area contributed by atoms with Gasteiger partial charge in [-0.05, 0) is 25.1 Å². The Morgan fingerprint density at radius 1 is 1.59 bits per heavy atom. The Morgan fingerprint density at radius 3 is 2.88 bits per heavy atom. The molecule has 1 N–H and O–H groups in total. The lowest BCUT2D eigenvalue weighted by Gasteiger charge is -2.08. The molecule has 0 unspecified atom stereocenters. The Labute approximate surface area is 108 Å². The predicted molar refractivity (Wildman–Crippen MR) is 67.4 cm³/mol. The van der Waals surface area contributed by atoms with Gasteiger partial charge in [0.2, 0.25) is 0 Å². The van der Waals surface area contributed by atoms with Crippen LogP contribution in [0.1, 0.15) is 6.92 Å². The summed E-state index contributed by atoms with van der Waals surface area (Å²) < 4.78 is 19.0. The van der Waals surface area contributed by atoms with Crippen LogP contribution in [0.4, 0.5) is 4.39 Å². The average molecular weight is 302 g/mol. The summed E-state index contributed by atoms with van der Waals surface area (Å²) in [5.41, 5.74) is 0.841. The van der Waals surface area contributed by atoms with E-state index in [-0.39, 0.29) is 18.3 Å². The molecule has 0 atom stereocenters. The minimum absolute atomic E-state index is 0.0543. The van der Waals surface area contributed by atoms with Gasteiger partial charge >= 0.3 is 0 Å². The molecule has 0 heterocycles. The van der Waals surface area contributed by atoms with Crippen LogP contribution >= 0.6 is 15.9 Å². The third kappa shape index (κ3) is 4.99. The van der Waals surface area contributed by atoms with Crippen molar-refractivity contribution in [1.82, 2.24) is 5.32 Å². The van der Waals surface area contributed by atoms with Crippen molar-refractivity contribution in [3.63, 3.8) is 0 Å². The summed E-state index contributed by atoms with van der Waals surface area (Å²) in [6.45, 7) is 5.63. The summed E-state index contributed by atoms with van der Waals surface area (Å²) >= 11 is 3.13. The van der Waals surface area contributed by atoms with Crippen molar-refractivity contribution in [3.8, 4) is 5.75 Å². The average Bonchev–Trinajstić information content (AvgIpc) is 2.25. The van der Waals surface area contributed by atoms with E-state index in [4.69, 9.17) is 4.74 Å². The number of ether oxygens (including phenoxy) is 1. The van der Waals surface area contributed by atoms with Crippen LogP contribution in [0.15, 0.2) is 34.8 Å². The summed E-state index contributed by atoms with van der Waals surface area (Å²) in [4.78, 5) is 11.3. The zero-order chi connectivity index (χ0) is 12.8. The lowest BCUT2D eigenvalue weighted by Crippen LogP contribution is -2.30. The third-order valence-electron chi connectivity index (χ3n) is 1.84. The molecular weight excluding hydrogens is 289 g/mol. The lowest BCUT2D eigenvalue weighted by atomic mass is 10.3. The zero-order valence-electron chi connectivity index (χ0n) is 9.43. The summed E-state index contributed by atoms with van der Waals surface area (Å²) in [7, 11) is 0. The Morgan fingerprint density at radius 2 is 2.29 bits per heavy atom. The van der Waals surface area contributed by atoms with Crippen LogP contribution in [0.25, 0.3) is 0 Å². The topological polar surface area (TPSA) is 38.3 Å². The van der Waals surface area contributed by atoms with Gasteiger partial charge in [0.1, 0.15) is 0 Å². The Kier molecular flexibility index (Phi) is 5.15. The fourth-order valence-electron chi connectivity index (χ4n) is 1.04. The van der Waals surface area contributed by atoms with Crippen LogP contribution in [-0.4, -0.2) is 19.1 Å². The highest BCUT2D eigenvalue weighted by Gasteiger charge is 2.06. The molecule has 0 fully saturated rings. The molecule has 0 saturated heterocycles. The van der Waals surface area contributed by atoms with E-state index in [9.17, 15) is 9.18 Å². The largest absolute Gasteiger partial charge is 0.481 e. The van der Waals surface area contributed by atoms with Gasteiger partial charge in [0.15, 0.2) is 18.2 Å². The molecule has 0 bridgehead atoms. The summed E-state index contributed by atoms with van der Waals surface area (Å²) in [5.74, 6) is -0.763. The fraction of sp³-hybridized carbons (Fsp3) is 0.250. The van der Waals surface area contributed by atoms with Gasteiger partial charge in [-0.1, -0.05) is 28.1 Å². The standard InChI is InChI=1S/C12H13BrFNO2/c1-8(2)6-15-12(16)7-17-11-4-3-9(13)5-10(11)14/h3-5H,1,6-7H2,2H3,(H,15,16). The monoisotopic (exact) mass is 301 g/mol. The highest BCUT2D eigenvalue weighted by molar-refractivity contribution is 9.10. The van der Waals surface area contributed by atoms with Crippen molar-refractivity contribution in [2.24, 2.45) is 0 Å². The molecule has 17 heavy (non-hydrogen) atoms. The molecule has 0 spiro atoms. The van der Waals surface area contributed by atoms with Crippen molar-refractivity contribution in [2.45, 2.75) is 6.92 Å². The van der Waals surface area contributed by atoms with E-state index in [0.29, 0.717) is 11.0 Å². The fourth-order valence-corrected chi connectivity index (χ4v) is 1.37. The van der Waals surface area contributed by atoms with Crippen molar-refractivity contribution in [2.75, 3.05) is 13.2 Å². The number of nitrogens with one attached hydrogen (secondary N) is 1. The van der Waals surface area contributed by atoms with Gasteiger partial charge in [-0.25, -0.2) is 4.39 Å². The smallest absolute Gasteiger partial charge is 0.258 e. The first kappa shape index (κ1) is 13.7. The van der Waals surface area contributed by atoms with E-state index in [0.717, 1.165) is 5.57 Å². The first-order valence-electron chi connectivity index (χ1n) is 4.98. The van der Waals surface area contributed by atoms with Gasteiger partial charge in [0.05, 0.1) is 0 Å². The second-order valence-corrected chi connectivity index (χ2v) is 4.51. The van der Waals surface area contributed by atoms with Crippen molar-refractivity contribution < 1.29 is 13.9 Å². The first-order valence-corrected chi connectivity index (χ1v) is 5.77. The molecule has 3 nitrogen and oxygen atoms in total. The van der Waals surface area contributed by atoms with Crippen LogP contribution in [0.2, 0.25) is 0 Å². The minimum Gasteiger partial charge on any atom is -0.481 e. The number of carbonyl (C=O) groups excluding carboxylic acids is 1. The van der Waals surface area contributed by atoms with Gasteiger partial charge in [-0.15, -0.1) is 0 Å². The quantitative estimate of drug-likeness (QED) is 0.849. The molecule has 0 aliphatic carbocycles. The zero-order valence-corrected chi connectivity index (χ0v) is 11.0. The molecule has 0 radical (unpaired) electrons. The van der Waals surface area contributed by atoms with Crippen molar-refractivity contribution >= 4 is 21.8 Å². The van der Waals surface area contributed by atoms with Gasteiger partial charge in [-0.2, -0.15) is 0 Å². The number of carbonyl (C=O) groups is 1. The summed E-state index contributed by atoms with van der Waals surface area (Å²) in [5, 5.41) is 2.59. The maximum atomic E-state index is 13.3. The number of hydrogen-bond donors (Lipinski definition) is 1. The maximum absolute atomic E-state index is 13.3. The van der Waals surface area contributed by atoms with Crippen molar-refractivity contribution in [1.29, 1.82) is 0 Å². The number of benzene rings is 1. The molecule has 0 aliphatic heterocycles. The van der Waals surface area contributed by atoms with E-state index < -0.39 is 5.82 Å². The van der Waals surface area contributed by atoms with Crippen LogP contribution in [0, 0.1) is 5.82 Å². The molecule has 1 aromatic carbocycles.